The molecule has 1 N–H and O–H groups in total. The van der Waals surface area contributed by atoms with Crippen molar-refractivity contribution in [1.82, 2.24) is 9.97 Å². The first-order valence-electron chi connectivity index (χ1n) is 3.49. The second-order valence-corrected chi connectivity index (χ2v) is 2.10. The van der Waals surface area contributed by atoms with Crippen LogP contribution in [0.15, 0.2) is 33.5 Å². The monoisotopic (exact) mass is 176 g/mol. The van der Waals surface area contributed by atoms with Crippen LogP contribution in [0.25, 0.3) is 0 Å². The fourth-order valence-corrected chi connectivity index (χ4v) is 0.702. The molecular weight excluding hydrogens is 168 g/mol. The molecule has 0 fully saturated rings. The van der Waals surface area contributed by atoms with Gasteiger partial charge in [-0.05, 0) is 6.72 Å². The lowest BCUT2D eigenvalue weighted by Crippen LogP contribution is -2.03. The fraction of sp³-hybridized carbons (Fsp3) is 0. The molecule has 1 rings (SSSR count). The molecule has 0 aromatic carbocycles. The summed E-state index contributed by atoms with van der Waals surface area (Å²) in [6, 6.07) is 1.26. The number of aromatic nitrogens is 2. The molecule has 0 aliphatic rings. The van der Waals surface area contributed by atoms with Crippen LogP contribution in [-0.4, -0.2) is 22.9 Å². The van der Waals surface area contributed by atoms with E-state index in [0.29, 0.717) is 0 Å². The van der Waals surface area contributed by atoms with Crippen LogP contribution >= 0.6 is 0 Å². The maximum atomic E-state index is 11.0. The molecule has 0 atom stereocenters. The van der Waals surface area contributed by atoms with E-state index in [9.17, 15) is 4.79 Å². The normalized spacial score (nSPS) is 10.2. The SMILES string of the molecule is C=CC=Nc1cc(=O)[nH]c(N=C)n1. The molecule has 13 heavy (non-hydrogen) atoms. The standard InChI is InChI=1S/C8H8N4O/c1-3-4-10-6-5-7(13)12-8(9-2)11-6/h3-5H,1-2H2,(H,11,12,13). The topological polar surface area (TPSA) is 70.5 Å². The Morgan fingerprint density at radius 3 is 3.00 bits per heavy atom. The number of hydrogen-bond donors (Lipinski definition) is 1. The Kier molecular flexibility index (Phi) is 2.86. The molecule has 0 aliphatic heterocycles. The Bertz CT molecular complexity index is 405. The van der Waals surface area contributed by atoms with Crippen molar-refractivity contribution in [3.8, 4) is 0 Å². The first kappa shape index (κ1) is 9.05. The number of hydrogen-bond acceptors (Lipinski definition) is 4. The van der Waals surface area contributed by atoms with Crippen LogP contribution in [0, 0.1) is 0 Å². The first-order valence-corrected chi connectivity index (χ1v) is 3.49. The van der Waals surface area contributed by atoms with Gasteiger partial charge in [-0.25, -0.2) is 9.98 Å². The zero-order chi connectivity index (χ0) is 9.68. The molecule has 0 bridgehead atoms. The van der Waals surface area contributed by atoms with Crippen LogP contribution in [0.5, 0.6) is 0 Å². The summed E-state index contributed by atoms with van der Waals surface area (Å²) in [6.07, 6.45) is 2.93. The summed E-state index contributed by atoms with van der Waals surface area (Å²) >= 11 is 0. The van der Waals surface area contributed by atoms with Gasteiger partial charge in [0.15, 0.2) is 5.82 Å². The van der Waals surface area contributed by atoms with E-state index in [1.165, 1.54) is 18.4 Å². The van der Waals surface area contributed by atoms with E-state index in [4.69, 9.17) is 0 Å². The van der Waals surface area contributed by atoms with Gasteiger partial charge in [0.25, 0.3) is 5.56 Å². The molecule has 0 spiro atoms. The van der Waals surface area contributed by atoms with Crippen molar-refractivity contribution < 1.29 is 0 Å². The Morgan fingerprint density at radius 2 is 2.38 bits per heavy atom. The van der Waals surface area contributed by atoms with E-state index in [1.54, 1.807) is 0 Å². The smallest absolute Gasteiger partial charge is 0.254 e. The molecule has 5 heteroatoms. The van der Waals surface area contributed by atoms with E-state index >= 15 is 0 Å². The van der Waals surface area contributed by atoms with Gasteiger partial charge in [-0.3, -0.25) is 9.78 Å². The van der Waals surface area contributed by atoms with E-state index in [2.05, 4.69) is 33.2 Å². The van der Waals surface area contributed by atoms with Gasteiger partial charge in [0.1, 0.15) is 0 Å². The number of rotatable bonds is 3. The van der Waals surface area contributed by atoms with Crippen molar-refractivity contribution in [2.24, 2.45) is 9.98 Å². The van der Waals surface area contributed by atoms with Crippen LogP contribution in [0.3, 0.4) is 0 Å². The zero-order valence-corrected chi connectivity index (χ0v) is 6.90. The third kappa shape index (κ3) is 2.48. The van der Waals surface area contributed by atoms with Crippen molar-refractivity contribution >= 4 is 24.7 Å². The molecule has 0 saturated carbocycles. The fourth-order valence-electron chi connectivity index (χ4n) is 0.702. The zero-order valence-electron chi connectivity index (χ0n) is 6.90. The third-order valence-corrected chi connectivity index (χ3v) is 1.18. The van der Waals surface area contributed by atoms with Crippen molar-refractivity contribution in [3.63, 3.8) is 0 Å². The minimum atomic E-state index is -0.311. The molecule has 1 aromatic heterocycles. The number of nitrogens with one attached hydrogen (secondary N) is 1. The van der Waals surface area contributed by atoms with Crippen molar-refractivity contribution in [2.45, 2.75) is 0 Å². The predicted octanol–water partition coefficient (Wildman–Crippen LogP) is 0.990. The molecule has 0 radical (unpaired) electrons. The number of aliphatic imine (C=N–C) groups is 2. The molecule has 66 valence electrons. The molecule has 0 unspecified atom stereocenters. The van der Waals surface area contributed by atoms with Crippen LogP contribution in [0.2, 0.25) is 0 Å². The van der Waals surface area contributed by atoms with E-state index in [-0.39, 0.29) is 17.3 Å². The molecule has 0 amide bonds. The Labute approximate surface area is 74.6 Å². The molecular formula is C8H8N4O. The summed E-state index contributed by atoms with van der Waals surface area (Å²) in [4.78, 5) is 24.5. The summed E-state index contributed by atoms with van der Waals surface area (Å²) in [5.41, 5.74) is -0.311. The highest BCUT2D eigenvalue weighted by Crippen LogP contribution is 2.06. The second kappa shape index (κ2) is 4.10. The number of H-pyrrole nitrogens is 1. The average Bonchev–Trinajstić information content (AvgIpc) is 2.14. The van der Waals surface area contributed by atoms with Gasteiger partial charge in [-0.2, -0.15) is 4.98 Å². The third-order valence-electron chi connectivity index (χ3n) is 1.18. The number of aromatic amines is 1. The molecule has 1 heterocycles. The largest absolute Gasteiger partial charge is 0.291 e. The lowest BCUT2D eigenvalue weighted by molar-refractivity contribution is 1.09. The average molecular weight is 176 g/mol. The van der Waals surface area contributed by atoms with Gasteiger partial charge >= 0.3 is 0 Å². The summed E-state index contributed by atoms with van der Waals surface area (Å²) in [7, 11) is 0. The van der Waals surface area contributed by atoms with Crippen molar-refractivity contribution in [1.29, 1.82) is 0 Å². The minimum Gasteiger partial charge on any atom is -0.291 e. The summed E-state index contributed by atoms with van der Waals surface area (Å²) in [5, 5.41) is 0. The summed E-state index contributed by atoms with van der Waals surface area (Å²) in [6.45, 7) is 6.68. The quantitative estimate of drug-likeness (QED) is 0.697. The predicted molar refractivity (Wildman–Crippen MR) is 52.4 cm³/mol. The second-order valence-electron chi connectivity index (χ2n) is 2.10. The van der Waals surface area contributed by atoms with Gasteiger partial charge in [0.2, 0.25) is 5.95 Å². The highest BCUT2D eigenvalue weighted by Gasteiger charge is 1.95. The Balaban J connectivity index is 3.15. The van der Waals surface area contributed by atoms with Crippen LogP contribution in [0.1, 0.15) is 0 Å². The maximum Gasteiger partial charge on any atom is 0.254 e. The maximum absolute atomic E-state index is 11.0. The lowest BCUT2D eigenvalue weighted by atomic mass is 10.5. The van der Waals surface area contributed by atoms with Crippen molar-refractivity contribution in [3.05, 3.63) is 29.1 Å². The molecule has 0 saturated heterocycles. The number of allylic oxidation sites excluding steroid dienone is 1. The molecule has 5 nitrogen and oxygen atoms in total. The van der Waals surface area contributed by atoms with Gasteiger partial charge in [0, 0.05) is 12.3 Å². The van der Waals surface area contributed by atoms with Crippen LogP contribution in [0.4, 0.5) is 11.8 Å². The van der Waals surface area contributed by atoms with E-state index < -0.39 is 0 Å². The first-order chi connectivity index (χ1) is 6.26. The summed E-state index contributed by atoms with van der Waals surface area (Å²) in [5.74, 6) is 0.440. The highest BCUT2D eigenvalue weighted by molar-refractivity contribution is 5.72. The lowest BCUT2D eigenvalue weighted by Gasteiger charge is -1.92. The highest BCUT2D eigenvalue weighted by atomic mass is 16.1. The molecule has 1 aromatic rings. The summed E-state index contributed by atoms with van der Waals surface area (Å²) < 4.78 is 0. The van der Waals surface area contributed by atoms with Gasteiger partial charge in [-0.1, -0.05) is 12.7 Å². The van der Waals surface area contributed by atoms with Crippen LogP contribution in [-0.2, 0) is 0 Å². The van der Waals surface area contributed by atoms with Crippen LogP contribution < -0.4 is 5.56 Å². The van der Waals surface area contributed by atoms with Gasteiger partial charge in [-0.15, -0.1) is 0 Å². The minimum absolute atomic E-state index is 0.156. The number of nitrogens with zero attached hydrogens (tertiary/aromatic N) is 3. The van der Waals surface area contributed by atoms with Gasteiger partial charge < -0.3 is 0 Å². The Hall–Kier alpha value is -2.04. The van der Waals surface area contributed by atoms with Crippen molar-refractivity contribution in [2.75, 3.05) is 0 Å². The van der Waals surface area contributed by atoms with E-state index in [0.717, 1.165) is 0 Å². The van der Waals surface area contributed by atoms with E-state index in [1.807, 2.05) is 0 Å². The molecule has 0 aliphatic carbocycles. The van der Waals surface area contributed by atoms with Gasteiger partial charge in [0.05, 0.1) is 0 Å². The Morgan fingerprint density at radius 1 is 1.62 bits per heavy atom.